The Balaban J connectivity index is 1.62. The third-order valence-corrected chi connectivity index (χ3v) is 6.13. The second-order valence-electron chi connectivity index (χ2n) is 8.23. The number of terminal acetylenes is 1. The topological polar surface area (TPSA) is 110 Å². The monoisotopic (exact) mass is 485 g/mol. The summed E-state index contributed by atoms with van der Waals surface area (Å²) >= 11 is 0. The van der Waals surface area contributed by atoms with Crippen molar-refractivity contribution < 1.29 is 19.0 Å². The largest absolute Gasteiger partial charge is 0.477 e. The van der Waals surface area contributed by atoms with Crippen molar-refractivity contribution in [2.75, 3.05) is 18.1 Å². The van der Waals surface area contributed by atoms with Crippen LogP contribution in [0, 0.1) is 18.2 Å². The van der Waals surface area contributed by atoms with Crippen LogP contribution in [0.4, 0.5) is 10.1 Å². The molecule has 4 aromatic rings. The Labute approximate surface area is 204 Å². The number of carboxylic acids is 1. The molecule has 5 rings (SSSR count). The van der Waals surface area contributed by atoms with Gasteiger partial charge in [0.2, 0.25) is 11.3 Å². The van der Waals surface area contributed by atoms with Crippen molar-refractivity contribution in [3.05, 3.63) is 82.4 Å². The van der Waals surface area contributed by atoms with Gasteiger partial charge in [-0.15, -0.1) is 6.42 Å². The van der Waals surface area contributed by atoms with Gasteiger partial charge in [0.15, 0.2) is 11.6 Å². The van der Waals surface area contributed by atoms with Crippen LogP contribution in [-0.4, -0.2) is 49.8 Å². The lowest BCUT2D eigenvalue weighted by molar-refractivity contribution is 0.0695. The van der Waals surface area contributed by atoms with Gasteiger partial charge in [0.25, 0.3) is 0 Å². The first-order valence-corrected chi connectivity index (χ1v) is 11.2. The minimum atomic E-state index is -1.36. The zero-order valence-electron chi connectivity index (χ0n) is 19.0. The molecule has 1 aromatic carbocycles. The maximum absolute atomic E-state index is 14.0. The molecule has 10 heteroatoms. The van der Waals surface area contributed by atoms with Crippen molar-refractivity contribution >= 4 is 22.6 Å². The molecule has 0 amide bonds. The number of carboxylic acid groups (broad SMARTS) is 1. The molecule has 9 nitrogen and oxygen atoms in total. The van der Waals surface area contributed by atoms with Crippen molar-refractivity contribution in [3.63, 3.8) is 0 Å². The highest BCUT2D eigenvalue weighted by Crippen LogP contribution is 2.32. The van der Waals surface area contributed by atoms with E-state index in [4.69, 9.17) is 11.2 Å². The third-order valence-electron chi connectivity index (χ3n) is 6.13. The van der Waals surface area contributed by atoms with E-state index in [1.807, 2.05) is 0 Å². The summed E-state index contributed by atoms with van der Waals surface area (Å²) in [6, 6.07) is 5.94. The molecule has 180 valence electrons. The van der Waals surface area contributed by atoms with E-state index >= 15 is 0 Å². The average molecular weight is 485 g/mol. The number of hydrogen-bond acceptors (Lipinski definition) is 7. The highest BCUT2D eigenvalue weighted by molar-refractivity contribution is 5.95. The molecule has 0 saturated carbocycles. The second kappa shape index (κ2) is 9.46. The summed E-state index contributed by atoms with van der Waals surface area (Å²) in [5.41, 5.74) is 0.490. The number of halogens is 1. The summed E-state index contributed by atoms with van der Waals surface area (Å²) in [4.78, 5) is 39.2. The van der Waals surface area contributed by atoms with Crippen molar-refractivity contribution in [3.8, 4) is 24.0 Å². The van der Waals surface area contributed by atoms with Gasteiger partial charge < -0.3 is 14.7 Å². The SMILES string of the molecule is C#Cc1cc2c(=O)c(C(=O)O)cn(-c3cnccn3)c2cc1N1CCC[C@@H]1COc1ncccc1F. The normalized spacial score (nSPS) is 15.1. The molecule has 0 unspecified atom stereocenters. The Hall–Kier alpha value is -4.78. The summed E-state index contributed by atoms with van der Waals surface area (Å²) in [7, 11) is 0. The number of aromatic nitrogens is 4. The van der Waals surface area contributed by atoms with E-state index in [0.717, 1.165) is 12.8 Å². The zero-order valence-corrected chi connectivity index (χ0v) is 19.0. The smallest absolute Gasteiger partial charge is 0.341 e. The van der Waals surface area contributed by atoms with Crippen LogP contribution in [0.5, 0.6) is 5.88 Å². The summed E-state index contributed by atoms with van der Waals surface area (Å²) in [5.74, 6) is 0.998. The molecule has 0 aliphatic carbocycles. The van der Waals surface area contributed by atoms with Crippen molar-refractivity contribution in [2.45, 2.75) is 18.9 Å². The lowest BCUT2D eigenvalue weighted by atomic mass is 10.0. The molecule has 1 N–H and O–H groups in total. The fourth-order valence-electron chi connectivity index (χ4n) is 4.45. The number of hydrogen-bond donors (Lipinski definition) is 1. The number of nitrogens with zero attached hydrogens (tertiary/aromatic N) is 5. The standard InChI is InChI=1S/C26H20FN5O4/c1-2-16-11-18-22(32(23-13-28-8-9-29-23)14-19(24(18)33)26(34)35)12-21(16)31-10-4-5-17(31)15-36-25-20(27)6-3-7-30-25/h1,3,6-9,11-14,17H,4-5,10,15H2,(H,34,35)/t17-/m1/s1. The van der Waals surface area contributed by atoms with Gasteiger partial charge in [-0.25, -0.2) is 19.2 Å². The van der Waals surface area contributed by atoms with Crippen LogP contribution < -0.4 is 15.1 Å². The number of rotatable bonds is 6. The molecule has 1 atom stereocenters. The van der Waals surface area contributed by atoms with Crippen LogP contribution in [0.2, 0.25) is 0 Å². The van der Waals surface area contributed by atoms with Crippen LogP contribution in [0.3, 0.4) is 0 Å². The third kappa shape index (κ3) is 4.11. The molecule has 1 saturated heterocycles. The first kappa shape index (κ1) is 23.0. The molecule has 4 heterocycles. The molecule has 0 spiro atoms. The Morgan fingerprint density at radius 2 is 2.14 bits per heavy atom. The van der Waals surface area contributed by atoms with E-state index in [1.165, 1.54) is 53.8 Å². The predicted molar refractivity (Wildman–Crippen MR) is 130 cm³/mol. The summed E-state index contributed by atoms with van der Waals surface area (Å²) in [6.07, 6.45) is 14.6. The number of anilines is 1. The Kier molecular flexibility index (Phi) is 6.04. The number of pyridine rings is 2. The quantitative estimate of drug-likeness (QED) is 0.415. The molecular weight excluding hydrogens is 465 g/mol. The van der Waals surface area contributed by atoms with Gasteiger partial charge in [0.05, 0.1) is 23.4 Å². The number of fused-ring (bicyclic) bond motifs is 1. The lowest BCUT2D eigenvalue weighted by Gasteiger charge is -2.28. The van der Waals surface area contributed by atoms with Crippen molar-refractivity contribution in [1.29, 1.82) is 0 Å². The number of carbonyl (C=O) groups is 1. The molecule has 0 radical (unpaired) electrons. The van der Waals surface area contributed by atoms with Gasteiger partial charge in [-0.3, -0.25) is 14.3 Å². The van der Waals surface area contributed by atoms with Crippen LogP contribution >= 0.6 is 0 Å². The highest BCUT2D eigenvalue weighted by atomic mass is 19.1. The number of benzene rings is 1. The van der Waals surface area contributed by atoms with E-state index in [9.17, 15) is 19.1 Å². The van der Waals surface area contributed by atoms with Crippen molar-refractivity contribution in [2.24, 2.45) is 0 Å². The summed E-state index contributed by atoms with van der Waals surface area (Å²) in [6.45, 7) is 0.854. The van der Waals surface area contributed by atoms with Gasteiger partial charge in [-0.2, -0.15) is 0 Å². The predicted octanol–water partition coefficient (Wildman–Crippen LogP) is 3.04. The van der Waals surface area contributed by atoms with E-state index in [-0.39, 0.29) is 23.9 Å². The first-order valence-electron chi connectivity index (χ1n) is 11.2. The minimum Gasteiger partial charge on any atom is -0.477 e. The molecular formula is C26H20FN5O4. The molecule has 36 heavy (non-hydrogen) atoms. The fourth-order valence-corrected chi connectivity index (χ4v) is 4.45. The Morgan fingerprint density at radius 1 is 1.28 bits per heavy atom. The maximum Gasteiger partial charge on any atom is 0.341 e. The first-order chi connectivity index (χ1) is 17.5. The van der Waals surface area contributed by atoms with Crippen LogP contribution in [0.25, 0.3) is 16.7 Å². The van der Waals surface area contributed by atoms with Gasteiger partial charge in [0.1, 0.15) is 12.2 Å². The fraction of sp³-hybridized carbons (Fsp3) is 0.192. The second-order valence-corrected chi connectivity index (χ2v) is 8.23. The van der Waals surface area contributed by atoms with E-state index in [1.54, 1.807) is 6.07 Å². The molecule has 1 aliphatic rings. The highest BCUT2D eigenvalue weighted by Gasteiger charge is 2.29. The molecule has 1 fully saturated rings. The summed E-state index contributed by atoms with van der Waals surface area (Å²) in [5, 5.41) is 9.77. The Morgan fingerprint density at radius 3 is 2.86 bits per heavy atom. The number of ether oxygens (including phenoxy) is 1. The lowest BCUT2D eigenvalue weighted by Crippen LogP contribution is -2.35. The maximum atomic E-state index is 14.0. The van der Waals surface area contributed by atoms with E-state index in [0.29, 0.717) is 29.1 Å². The number of aromatic carboxylic acids is 1. The van der Waals surface area contributed by atoms with Gasteiger partial charge >= 0.3 is 5.97 Å². The van der Waals surface area contributed by atoms with E-state index < -0.39 is 22.8 Å². The molecule has 3 aromatic heterocycles. The molecule has 1 aliphatic heterocycles. The molecule has 0 bridgehead atoms. The average Bonchev–Trinajstić information content (AvgIpc) is 3.36. The van der Waals surface area contributed by atoms with Crippen LogP contribution in [-0.2, 0) is 0 Å². The van der Waals surface area contributed by atoms with Gasteiger partial charge in [0, 0.05) is 42.3 Å². The van der Waals surface area contributed by atoms with Gasteiger partial charge in [-0.1, -0.05) is 5.92 Å². The van der Waals surface area contributed by atoms with Crippen molar-refractivity contribution in [1.82, 2.24) is 19.5 Å². The van der Waals surface area contributed by atoms with Crippen LogP contribution in [0.1, 0.15) is 28.8 Å². The van der Waals surface area contributed by atoms with E-state index in [2.05, 4.69) is 25.8 Å². The van der Waals surface area contributed by atoms with Crippen LogP contribution in [0.15, 0.2) is 60.0 Å². The zero-order chi connectivity index (χ0) is 25.2. The van der Waals surface area contributed by atoms with Gasteiger partial charge in [-0.05, 0) is 37.1 Å². The Bertz CT molecular complexity index is 1560. The minimum absolute atomic E-state index is 0.0716. The summed E-state index contributed by atoms with van der Waals surface area (Å²) < 4.78 is 21.2.